The van der Waals surface area contributed by atoms with Crippen LogP contribution in [-0.4, -0.2) is 27.6 Å². The fraction of sp³-hybridized carbons (Fsp3) is 0.214. The number of aromatic nitrogens is 2. The minimum Gasteiger partial charge on any atom is -0.335 e. The summed E-state index contributed by atoms with van der Waals surface area (Å²) in [6.07, 6.45) is 1.53. The molecule has 4 heteroatoms. The number of carbonyl (C=O) groups excluding carboxylic acids is 1. The van der Waals surface area contributed by atoms with E-state index in [2.05, 4.69) is 26.0 Å². The minimum absolute atomic E-state index is 0.00131. The van der Waals surface area contributed by atoms with Crippen molar-refractivity contribution in [2.75, 3.05) is 7.05 Å². The lowest BCUT2D eigenvalue weighted by Gasteiger charge is -2.28. The fourth-order valence-electron chi connectivity index (χ4n) is 4.31. The first-order valence-corrected chi connectivity index (χ1v) is 11.2. The van der Waals surface area contributed by atoms with Gasteiger partial charge in [-0.3, -0.25) is 4.79 Å². The van der Waals surface area contributed by atoms with Crippen LogP contribution in [0.2, 0.25) is 0 Å². The molecule has 0 bridgehead atoms. The van der Waals surface area contributed by atoms with Crippen molar-refractivity contribution in [3.8, 4) is 16.9 Å². The Bertz CT molecular complexity index is 1170. The Morgan fingerprint density at radius 2 is 1.44 bits per heavy atom. The van der Waals surface area contributed by atoms with Gasteiger partial charge in [-0.15, -0.1) is 0 Å². The molecule has 0 saturated carbocycles. The molecule has 4 rings (SSSR count). The molecular weight excluding hydrogens is 394 g/mol. The second kappa shape index (κ2) is 9.65. The molecule has 4 nitrogen and oxygen atoms in total. The monoisotopic (exact) mass is 423 g/mol. The molecule has 0 spiro atoms. The maximum Gasteiger partial charge on any atom is 0.258 e. The van der Waals surface area contributed by atoms with Gasteiger partial charge in [-0.05, 0) is 30.5 Å². The third-order valence-corrected chi connectivity index (χ3v) is 5.94. The molecule has 1 aromatic heterocycles. The molecule has 0 N–H and O–H groups in total. The maximum absolute atomic E-state index is 14.0. The normalized spacial score (nSPS) is 11.8. The van der Waals surface area contributed by atoms with Crippen LogP contribution in [0.4, 0.5) is 0 Å². The zero-order chi connectivity index (χ0) is 22.5. The van der Waals surface area contributed by atoms with Crippen LogP contribution in [-0.2, 0) is 6.42 Å². The summed E-state index contributed by atoms with van der Waals surface area (Å²) in [6, 6.07) is 30.2. The molecule has 162 valence electrons. The van der Waals surface area contributed by atoms with Crippen molar-refractivity contribution in [2.24, 2.45) is 0 Å². The summed E-state index contributed by atoms with van der Waals surface area (Å²) < 4.78 is 1.92. The lowest BCUT2D eigenvalue weighted by Crippen LogP contribution is -2.31. The highest BCUT2D eigenvalue weighted by molar-refractivity contribution is 6.01. The van der Waals surface area contributed by atoms with Crippen LogP contribution >= 0.6 is 0 Å². The van der Waals surface area contributed by atoms with Crippen molar-refractivity contribution >= 4 is 5.91 Å². The SMILES string of the molecule is CCc1c(C(=O)N(C)C(CC)c2ccccc2)c(-c2ccccc2)nn1-c1ccccc1. The molecular formula is C28H29N3O. The van der Waals surface area contributed by atoms with Crippen LogP contribution in [0.15, 0.2) is 91.0 Å². The van der Waals surface area contributed by atoms with E-state index in [-0.39, 0.29) is 11.9 Å². The molecule has 0 aliphatic heterocycles. The smallest absolute Gasteiger partial charge is 0.258 e. The number of para-hydroxylation sites is 1. The van der Waals surface area contributed by atoms with Gasteiger partial charge in [0.2, 0.25) is 0 Å². The quantitative estimate of drug-likeness (QED) is 0.349. The number of carbonyl (C=O) groups is 1. The second-order valence-corrected chi connectivity index (χ2v) is 7.89. The molecule has 32 heavy (non-hydrogen) atoms. The van der Waals surface area contributed by atoms with E-state index in [4.69, 9.17) is 5.10 Å². The topological polar surface area (TPSA) is 38.1 Å². The number of amides is 1. The number of rotatable bonds is 7. The zero-order valence-electron chi connectivity index (χ0n) is 18.9. The lowest BCUT2D eigenvalue weighted by atomic mass is 9.99. The van der Waals surface area contributed by atoms with Crippen LogP contribution in [0.5, 0.6) is 0 Å². The first-order valence-electron chi connectivity index (χ1n) is 11.2. The molecule has 1 heterocycles. The Morgan fingerprint density at radius 1 is 0.875 bits per heavy atom. The van der Waals surface area contributed by atoms with Gasteiger partial charge in [-0.1, -0.05) is 92.7 Å². The van der Waals surface area contributed by atoms with E-state index in [1.807, 2.05) is 95.5 Å². The molecule has 1 amide bonds. The van der Waals surface area contributed by atoms with E-state index in [1.165, 1.54) is 0 Å². The van der Waals surface area contributed by atoms with Crippen molar-refractivity contribution in [3.05, 3.63) is 108 Å². The summed E-state index contributed by atoms with van der Waals surface area (Å²) >= 11 is 0. The highest BCUT2D eigenvalue weighted by Crippen LogP contribution is 2.32. The van der Waals surface area contributed by atoms with Crippen molar-refractivity contribution in [3.63, 3.8) is 0 Å². The van der Waals surface area contributed by atoms with Crippen LogP contribution in [0.25, 0.3) is 16.9 Å². The van der Waals surface area contributed by atoms with Crippen LogP contribution in [0.1, 0.15) is 47.9 Å². The predicted molar refractivity (Wildman–Crippen MR) is 130 cm³/mol. The molecule has 4 aromatic rings. The molecule has 3 aromatic carbocycles. The molecule has 0 aliphatic carbocycles. The Balaban J connectivity index is 1.86. The van der Waals surface area contributed by atoms with Crippen molar-refractivity contribution < 1.29 is 4.79 Å². The highest BCUT2D eigenvalue weighted by atomic mass is 16.2. The number of nitrogens with zero attached hydrogens (tertiary/aromatic N) is 3. The van der Waals surface area contributed by atoms with E-state index >= 15 is 0 Å². The molecule has 1 unspecified atom stereocenters. The van der Waals surface area contributed by atoms with E-state index in [0.29, 0.717) is 12.0 Å². The summed E-state index contributed by atoms with van der Waals surface area (Å²) in [5.41, 5.74) is 5.38. The van der Waals surface area contributed by atoms with Crippen LogP contribution in [0.3, 0.4) is 0 Å². The van der Waals surface area contributed by atoms with Crippen molar-refractivity contribution in [2.45, 2.75) is 32.7 Å². The van der Waals surface area contributed by atoms with Crippen molar-refractivity contribution in [1.82, 2.24) is 14.7 Å². The van der Waals surface area contributed by atoms with Gasteiger partial charge in [0.1, 0.15) is 5.69 Å². The van der Waals surface area contributed by atoms with Crippen molar-refractivity contribution in [1.29, 1.82) is 0 Å². The second-order valence-electron chi connectivity index (χ2n) is 7.89. The Labute approximate surface area is 190 Å². The van der Waals surface area contributed by atoms with E-state index in [1.54, 1.807) is 0 Å². The number of hydrogen-bond donors (Lipinski definition) is 0. The van der Waals surface area contributed by atoms with Gasteiger partial charge in [0, 0.05) is 12.6 Å². The lowest BCUT2D eigenvalue weighted by molar-refractivity contribution is 0.0725. The third kappa shape index (κ3) is 4.09. The number of benzene rings is 3. The average Bonchev–Trinajstić information content (AvgIpc) is 3.25. The van der Waals surface area contributed by atoms with Crippen LogP contribution in [0, 0.1) is 0 Å². The molecule has 0 fully saturated rings. The van der Waals surface area contributed by atoms with Gasteiger partial charge in [-0.2, -0.15) is 5.10 Å². The van der Waals surface area contributed by atoms with E-state index in [0.717, 1.165) is 34.6 Å². The van der Waals surface area contributed by atoms with Gasteiger partial charge < -0.3 is 4.90 Å². The third-order valence-electron chi connectivity index (χ3n) is 5.94. The van der Waals surface area contributed by atoms with Gasteiger partial charge in [0.25, 0.3) is 5.91 Å². The van der Waals surface area contributed by atoms with Crippen LogP contribution < -0.4 is 0 Å². The average molecular weight is 424 g/mol. The summed E-state index contributed by atoms with van der Waals surface area (Å²) in [6.45, 7) is 4.20. The standard InChI is InChI=1S/C28H29N3O/c1-4-24(21-15-9-6-10-16-21)30(3)28(32)26-25(5-2)31(23-19-13-8-14-20-23)29-27(26)22-17-11-7-12-18-22/h6-20,24H,4-5H2,1-3H3. The largest absolute Gasteiger partial charge is 0.335 e. The first-order chi connectivity index (χ1) is 15.7. The maximum atomic E-state index is 14.0. The van der Waals surface area contributed by atoms with Gasteiger partial charge in [0.15, 0.2) is 0 Å². The predicted octanol–water partition coefficient (Wildman–Crippen LogP) is 6.33. The van der Waals surface area contributed by atoms with E-state index in [9.17, 15) is 4.79 Å². The molecule has 0 radical (unpaired) electrons. The highest BCUT2D eigenvalue weighted by Gasteiger charge is 2.29. The molecule has 0 saturated heterocycles. The van der Waals surface area contributed by atoms with Gasteiger partial charge in [0.05, 0.1) is 23.0 Å². The van der Waals surface area contributed by atoms with E-state index < -0.39 is 0 Å². The Hall–Kier alpha value is -3.66. The summed E-state index contributed by atoms with van der Waals surface area (Å²) in [5.74, 6) is -0.00131. The molecule has 0 aliphatic rings. The van der Waals surface area contributed by atoms with Gasteiger partial charge in [-0.25, -0.2) is 4.68 Å². The molecule has 1 atom stereocenters. The first kappa shape index (κ1) is 21.6. The summed E-state index contributed by atoms with van der Waals surface area (Å²) in [5, 5.41) is 4.95. The fourth-order valence-corrected chi connectivity index (χ4v) is 4.31. The minimum atomic E-state index is -0.00268. The summed E-state index contributed by atoms with van der Waals surface area (Å²) in [7, 11) is 1.90. The van der Waals surface area contributed by atoms with Gasteiger partial charge >= 0.3 is 0 Å². The number of hydrogen-bond acceptors (Lipinski definition) is 2. The zero-order valence-corrected chi connectivity index (χ0v) is 18.9. The Morgan fingerprint density at radius 3 is 2.00 bits per heavy atom. The summed E-state index contributed by atoms with van der Waals surface area (Å²) in [4.78, 5) is 15.9. The Kier molecular flexibility index (Phi) is 6.50.